The first-order valence-corrected chi connectivity index (χ1v) is 6.24. The normalized spacial score (nSPS) is 12.9. The minimum Gasteiger partial charge on any atom is -0.481 e. The van der Waals surface area contributed by atoms with E-state index in [0.29, 0.717) is 12.1 Å². The standard InChI is InChI=1S/C12H21N3O3/c1-8(2)12-10(7-11(17)18)13-14-15(12)9(3)5-4-6-16/h8-9,16H,4-7H2,1-3H3,(H,17,18). The molecule has 0 aliphatic heterocycles. The number of aliphatic carboxylic acids is 1. The first-order valence-electron chi connectivity index (χ1n) is 6.24. The van der Waals surface area contributed by atoms with E-state index in [0.717, 1.165) is 12.1 Å². The third kappa shape index (κ3) is 3.53. The minimum atomic E-state index is -0.896. The summed E-state index contributed by atoms with van der Waals surface area (Å²) in [5, 5.41) is 25.7. The number of aliphatic hydroxyl groups is 1. The monoisotopic (exact) mass is 255 g/mol. The van der Waals surface area contributed by atoms with Crippen molar-refractivity contribution in [3.05, 3.63) is 11.4 Å². The Labute approximate surface area is 107 Å². The second-order valence-electron chi connectivity index (χ2n) is 4.81. The van der Waals surface area contributed by atoms with E-state index in [-0.39, 0.29) is 25.0 Å². The maximum atomic E-state index is 10.8. The zero-order chi connectivity index (χ0) is 13.7. The van der Waals surface area contributed by atoms with Crippen LogP contribution in [-0.4, -0.2) is 37.8 Å². The van der Waals surface area contributed by atoms with Crippen LogP contribution in [0.5, 0.6) is 0 Å². The van der Waals surface area contributed by atoms with Crippen molar-refractivity contribution in [2.75, 3.05) is 6.61 Å². The summed E-state index contributed by atoms with van der Waals surface area (Å²) in [6.45, 7) is 6.15. The Morgan fingerprint density at radius 3 is 2.56 bits per heavy atom. The van der Waals surface area contributed by atoms with Gasteiger partial charge in [-0.3, -0.25) is 4.79 Å². The van der Waals surface area contributed by atoms with Crippen molar-refractivity contribution in [1.82, 2.24) is 15.0 Å². The first-order chi connectivity index (χ1) is 8.47. The zero-order valence-corrected chi connectivity index (χ0v) is 11.1. The van der Waals surface area contributed by atoms with Gasteiger partial charge in [0.05, 0.1) is 23.9 Å². The molecule has 1 heterocycles. The largest absolute Gasteiger partial charge is 0.481 e. The molecule has 1 atom stereocenters. The van der Waals surface area contributed by atoms with E-state index in [1.165, 1.54) is 0 Å². The summed E-state index contributed by atoms with van der Waals surface area (Å²) in [6.07, 6.45) is 1.40. The first kappa shape index (κ1) is 14.6. The predicted molar refractivity (Wildman–Crippen MR) is 66.5 cm³/mol. The van der Waals surface area contributed by atoms with Crippen molar-refractivity contribution in [3.8, 4) is 0 Å². The maximum absolute atomic E-state index is 10.8. The van der Waals surface area contributed by atoms with Crippen LogP contribution >= 0.6 is 0 Å². The number of carbonyl (C=O) groups is 1. The van der Waals surface area contributed by atoms with Crippen LogP contribution in [0.3, 0.4) is 0 Å². The van der Waals surface area contributed by atoms with E-state index in [9.17, 15) is 4.79 Å². The lowest BCUT2D eigenvalue weighted by Gasteiger charge is -2.16. The fraction of sp³-hybridized carbons (Fsp3) is 0.750. The molecule has 0 bridgehead atoms. The Morgan fingerprint density at radius 1 is 1.39 bits per heavy atom. The highest BCUT2D eigenvalue weighted by atomic mass is 16.4. The van der Waals surface area contributed by atoms with Crippen LogP contribution in [0.4, 0.5) is 0 Å². The number of carboxylic acid groups (broad SMARTS) is 1. The van der Waals surface area contributed by atoms with E-state index in [2.05, 4.69) is 10.3 Å². The Balaban J connectivity index is 2.97. The summed E-state index contributed by atoms with van der Waals surface area (Å²) in [6, 6.07) is 0.115. The summed E-state index contributed by atoms with van der Waals surface area (Å²) in [5.41, 5.74) is 1.41. The molecule has 0 amide bonds. The molecule has 18 heavy (non-hydrogen) atoms. The number of aromatic nitrogens is 3. The fourth-order valence-electron chi connectivity index (χ4n) is 2.04. The molecule has 1 aromatic heterocycles. The Morgan fingerprint density at radius 2 is 2.06 bits per heavy atom. The number of nitrogens with zero attached hydrogens (tertiary/aromatic N) is 3. The van der Waals surface area contributed by atoms with Gasteiger partial charge in [-0.25, -0.2) is 4.68 Å². The molecule has 2 N–H and O–H groups in total. The third-order valence-corrected chi connectivity index (χ3v) is 2.87. The second kappa shape index (κ2) is 6.49. The minimum absolute atomic E-state index is 0.0970. The average molecular weight is 255 g/mol. The number of carboxylic acids is 1. The van der Waals surface area contributed by atoms with Gasteiger partial charge in [-0.15, -0.1) is 5.10 Å². The van der Waals surface area contributed by atoms with Gasteiger partial charge in [-0.1, -0.05) is 19.1 Å². The van der Waals surface area contributed by atoms with E-state index in [4.69, 9.17) is 10.2 Å². The maximum Gasteiger partial charge on any atom is 0.309 e. The zero-order valence-electron chi connectivity index (χ0n) is 11.1. The highest BCUT2D eigenvalue weighted by Crippen LogP contribution is 2.23. The lowest BCUT2D eigenvalue weighted by Crippen LogP contribution is -2.14. The van der Waals surface area contributed by atoms with Crippen LogP contribution in [0.15, 0.2) is 0 Å². The Kier molecular flexibility index (Phi) is 5.27. The van der Waals surface area contributed by atoms with Crippen LogP contribution in [0.1, 0.15) is 57.0 Å². The molecular formula is C12H21N3O3. The van der Waals surface area contributed by atoms with Gasteiger partial charge in [0.25, 0.3) is 0 Å². The molecule has 6 heteroatoms. The summed E-state index contributed by atoms with van der Waals surface area (Å²) < 4.78 is 1.79. The molecule has 6 nitrogen and oxygen atoms in total. The fourth-order valence-corrected chi connectivity index (χ4v) is 2.04. The summed E-state index contributed by atoms with van der Waals surface area (Å²) in [7, 11) is 0. The van der Waals surface area contributed by atoms with Crippen molar-refractivity contribution >= 4 is 5.97 Å². The van der Waals surface area contributed by atoms with Gasteiger partial charge in [0.2, 0.25) is 0 Å². The molecule has 102 valence electrons. The van der Waals surface area contributed by atoms with Gasteiger partial charge < -0.3 is 10.2 Å². The molecule has 0 saturated heterocycles. The molecule has 0 fully saturated rings. The van der Waals surface area contributed by atoms with Gasteiger partial charge in [0.15, 0.2) is 0 Å². The van der Waals surface area contributed by atoms with Crippen molar-refractivity contribution in [2.24, 2.45) is 0 Å². The number of hydrogen-bond donors (Lipinski definition) is 2. The van der Waals surface area contributed by atoms with E-state index in [1.807, 2.05) is 20.8 Å². The topological polar surface area (TPSA) is 88.2 Å². The van der Waals surface area contributed by atoms with Crippen molar-refractivity contribution in [2.45, 2.75) is 52.0 Å². The van der Waals surface area contributed by atoms with Crippen LogP contribution in [0.25, 0.3) is 0 Å². The van der Waals surface area contributed by atoms with Crippen molar-refractivity contribution < 1.29 is 15.0 Å². The van der Waals surface area contributed by atoms with Gasteiger partial charge in [-0.2, -0.15) is 0 Å². The van der Waals surface area contributed by atoms with Crippen molar-refractivity contribution in [3.63, 3.8) is 0 Å². The average Bonchev–Trinajstić information content (AvgIpc) is 2.68. The molecule has 0 spiro atoms. The SMILES string of the molecule is CC(C)c1c(CC(=O)O)nnn1C(C)CCCO. The highest BCUT2D eigenvalue weighted by molar-refractivity contribution is 5.69. The summed E-state index contributed by atoms with van der Waals surface area (Å²) in [4.78, 5) is 10.8. The van der Waals surface area contributed by atoms with Gasteiger partial charge in [0, 0.05) is 6.61 Å². The smallest absolute Gasteiger partial charge is 0.309 e. The number of hydrogen-bond acceptors (Lipinski definition) is 4. The number of aliphatic hydroxyl groups excluding tert-OH is 1. The molecule has 0 aromatic carbocycles. The summed E-state index contributed by atoms with van der Waals surface area (Å²) >= 11 is 0. The molecule has 1 aromatic rings. The lowest BCUT2D eigenvalue weighted by atomic mass is 10.0. The Bertz CT molecular complexity index is 401. The van der Waals surface area contributed by atoms with Crippen LogP contribution in [0.2, 0.25) is 0 Å². The van der Waals surface area contributed by atoms with Crippen LogP contribution in [0, 0.1) is 0 Å². The second-order valence-corrected chi connectivity index (χ2v) is 4.81. The number of rotatable bonds is 7. The highest BCUT2D eigenvalue weighted by Gasteiger charge is 2.21. The molecule has 0 aliphatic carbocycles. The van der Waals surface area contributed by atoms with Gasteiger partial charge >= 0.3 is 5.97 Å². The summed E-state index contributed by atoms with van der Waals surface area (Å²) in [5.74, 6) is -0.724. The molecule has 0 saturated carbocycles. The van der Waals surface area contributed by atoms with Gasteiger partial charge in [0.1, 0.15) is 0 Å². The van der Waals surface area contributed by atoms with E-state index in [1.54, 1.807) is 4.68 Å². The molecule has 1 rings (SSSR count). The van der Waals surface area contributed by atoms with E-state index >= 15 is 0 Å². The lowest BCUT2D eigenvalue weighted by molar-refractivity contribution is -0.136. The quantitative estimate of drug-likeness (QED) is 0.768. The third-order valence-electron chi connectivity index (χ3n) is 2.87. The van der Waals surface area contributed by atoms with E-state index < -0.39 is 5.97 Å². The molecule has 0 radical (unpaired) electrons. The van der Waals surface area contributed by atoms with Crippen LogP contribution in [-0.2, 0) is 11.2 Å². The molecular weight excluding hydrogens is 234 g/mol. The molecule has 1 unspecified atom stereocenters. The van der Waals surface area contributed by atoms with Crippen molar-refractivity contribution in [1.29, 1.82) is 0 Å². The Hall–Kier alpha value is -1.43. The van der Waals surface area contributed by atoms with Gasteiger partial charge in [-0.05, 0) is 25.7 Å². The molecule has 0 aliphatic rings. The predicted octanol–water partition coefficient (Wildman–Crippen LogP) is 1.36. The van der Waals surface area contributed by atoms with Crippen LogP contribution < -0.4 is 0 Å².